The Kier molecular flexibility index (Phi) is 5.10. The van der Waals surface area contributed by atoms with E-state index in [-0.39, 0.29) is 22.8 Å². The van der Waals surface area contributed by atoms with Crippen LogP contribution in [0.25, 0.3) is 6.08 Å². The second kappa shape index (κ2) is 7.39. The number of fused-ring (bicyclic) bond motifs is 1. The zero-order chi connectivity index (χ0) is 22.6. The maximum Gasteiger partial charge on any atom is 0.228 e. The van der Waals surface area contributed by atoms with Gasteiger partial charge in [0.15, 0.2) is 0 Å². The predicted molar refractivity (Wildman–Crippen MR) is 115 cm³/mol. The number of carbonyl (C=O) groups is 2. The Morgan fingerprint density at radius 2 is 1.74 bits per heavy atom. The Bertz CT molecular complexity index is 1250. The lowest BCUT2D eigenvalue weighted by Gasteiger charge is -2.44. The Morgan fingerprint density at radius 1 is 1.06 bits per heavy atom. The SMILES string of the molecule is COc1ccc(Cl)cc1C=C1CN2C(=O)CC2(S(=O)(=O)c2cc(C)ccc2OC)C1=O. The van der Waals surface area contributed by atoms with Crippen LogP contribution < -0.4 is 9.47 Å². The Morgan fingerprint density at radius 3 is 2.39 bits per heavy atom. The molecule has 7 nitrogen and oxygen atoms in total. The van der Waals surface area contributed by atoms with E-state index in [0.29, 0.717) is 21.9 Å². The molecule has 2 aliphatic heterocycles. The number of Topliss-reactive ketones (excluding diaryl/α,β-unsaturated/α-hetero) is 1. The molecule has 0 N–H and O–H groups in total. The van der Waals surface area contributed by atoms with Gasteiger partial charge in [0.2, 0.25) is 26.4 Å². The fraction of sp³-hybridized carbons (Fsp3) is 0.273. The van der Waals surface area contributed by atoms with Crippen LogP contribution in [-0.2, 0) is 19.4 Å². The summed E-state index contributed by atoms with van der Waals surface area (Å²) in [5, 5.41) is 0.435. The zero-order valence-corrected chi connectivity index (χ0v) is 18.7. The molecule has 0 radical (unpaired) electrons. The summed E-state index contributed by atoms with van der Waals surface area (Å²) in [7, 11) is -1.42. The van der Waals surface area contributed by atoms with Gasteiger partial charge in [-0.15, -0.1) is 0 Å². The van der Waals surface area contributed by atoms with Crippen molar-refractivity contribution in [2.24, 2.45) is 0 Å². The van der Waals surface area contributed by atoms with E-state index in [2.05, 4.69) is 0 Å². The number of ether oxygens (including phenoxy) is 2. The summed E-state index contributed by atoms with van der Waals surface area (Å²) in [6.45, 7) is 1.63. The van der Waals surface area contributed by atoms with E-state index in [1.54, 1.807) is 31.2 Å². The number of sulfone groups is 1. The number of aryl methyl sites for hydroxylation is 1. The topological polar surface area (TPSA) is 90.0 Å². The lowest BCUT2D eigenvalue weighted by Crippen LogP contribution is -2.67. The minimum absolute atomic E-state index is 0.109. The van der Waals surface area contributed by atoms with E-state index < -0.39 is 32.8 Å². The van der Waals surface area contributed by atoms with E-state index >= 15 is 0 Å². The minimum Gasteiger partial charge on any atom is -0.496 e. The average molecular weight is 462 g/mol. The first-order valence-electron chi connectivity index (χ1n) is 9.44. The van der Waals surface area contributed by atoms with E-state index in [9.17, 15) is 18.0 Å². The quantitative estimate of drug-likeness (QED) is 0.502. The van der Waals surface area contributed by atoms with Gasteiger partial charge in [-0.05, 0) is 48.9 Å². The number of hydrogen-bond donors (Lipinski definition) is 0. The molecular weight excluding hydrogens is 442 g/mol. The third kappa shape index (κ3) is 3.04. The van der Waals surface area contributed by atoms with Gasteiger partial charge in [-0.2, -0.15) is 0 Å². The molecule has 0 saturated carbocycles. The van der Waals surface area contributed by atoms with E-state index in [4.69, 9.17) is 21.1 Å². The molecule has 2 saturated heterocycles. The van der Waals surface area contributed by atoms with Crippen molar-refractivity contribution in [3.8, 4) is 11.5 Å². The molecule has 0 spiro atoms. The molecule has 2 heterocycles. The molecule has 2 aromatic carbocycles. The van der Waals surface area contributed by atoms with Crippen LogP contribution in [0.5, 0.6) is 11.5 Å². The number of benzene rings is 2. The van der Waals surface area contributed by atoms with Gasteiger partial charge < -0.3 is 14.4 Å². The van der Waals surface area contributed by atoms with Crippen molar-refractivity contribution < 1.29 is 27.5 Å². The number of hydrogen-bond acceptors (Lipinski definition) is 6. The van der Waals surface area contributed by atoms with Gasteiger partial charge in [0.05, 0.1) is 27.2 Å². The summed E-state index contributed by atoms with van der Waals surface area (Å²) in [5.41, 5.74) is 1.41. The zero-order valence-electron chi connectivity index (χ0n) is 17.1. The van der Waals surface area contributed by atoms with Gasteiger partial charge in [0.25, 0.3) is 0 Å². The first-order valence-corrected chi connectivity index (χ1v) is 11.3. The molecule has 0 aromatic heterocycles. The third-order valence-corrected chi connectivity index (χ3v) is 8.25. The molecule has 9 heteroatoms. The van der Waals surface area contributed by atoms with Crippen molar-refractivity contribution in [2.45, 2.75) is 23.1 Å². The number of carbonyl (C=O) groups excluding carboxylic acids is 2. The van der Waals surface area contributed by atoms with Crippen molar-refractivity contribution in [3.05, 3.63) is 58.1 Å². The second-order valence-electron chi connectivity index (χ2n) is 7.48. The summed E-state index contributed by atoms with van der Waals surface area (Å²) >= 11 is 6.07. The number of ketones is 1. The number of halogens is 1. The molecule has 162 valence electrons. The fourth-order valence-electron chi connectivity index (χ4n) is 4.07. The smallest absolute Gasteiger partial charge is 0.228 e. The first-order chi connectivity index (χ1) is 14.7. The summed E-state index contributed by atoms with van der Waals surface area (Å²) in [6, 6.07) is 9.62. The van der Waals surface area contributed by atoms with Crippen molar-refractivity contribution in [1.82, 2.24) is 4.90 Å². The highest BCUT2D eigenvalue weighted by Gasteiger charge is 2.70. The van der Waals surface area contributed by atoms with Crippen LogP contribution in [0, 0.1) is 6.92 Å². The molecular formula is C22H20ClNO6S. The van der Waals surface area contributed by atoms with Crippen LogP contribution >= 0.6 is 11.6 Å². The lowest BCUT2D eigenvalue weighted by molar-refractivity contribution is -0.150. The number of β-lactam (4-membered cyclic amide) rings is 1. The van der Waals surface area contributed by atoms with Gasteiger partial charge in [0.1, 0.15) is 16.4 Å². The monoisotopic (exact) mass is 461 g/mol. The summed E-state index contributed by atoms with van der Waals surface area (Å²) < 4.78 is 38.0. The van der Waals surface area contributed by atoms with Crippen molar-refractivity contribution in [1.29, 1.82) is 0 Å². The minimum atomic E-state index is -4.26. The number of methoxy groups -OCH3 is 2. The van der Waals surface area contributed by atoms with Gasteiger partial charge in [0, 0.05) is 16.2 Å². The predicted octanol–water partition coefficient (Wildman–Crippen LogP) is 3.03. The van der Waals surface area contributed by atoms with E-state index in [1.165, 1.54) is 32.4 Å². The molecule has 0 aliphatic carbocycles. The molecule has 4 rings (SSSR count). The highest BCUT2D eigenvalue weighted by molar-refractivity contribution is 7.94. The largest absolute Gasteiger partial charge is 0.496 e. The molecule has 2 fully saturated rings. The van der Waals surface area contributed by atoms with Gasteiger partial charge >= 0.3 is 0 Å². The number of nitrogens with zero attached hydrogens (tertiary/aromatic N) is 1. The molecule has 1 unspecified atom stereocenters. The molecule has 2 aliphatic rings. The second-order valence-corrected chi connectivity index (χ2v) is 10.0. The molecule has 0 bridgehead atoms. The standard InChI is InChI=1S/C22H20ClNO6S/c1-13-4-6-18(30-3)19(8-13)31(27,28)22-11-20(25)24(22)12-15(21(22)26)9-14-10-16(23)5-7-17(14)29-2/h4-10H,11-12H2,1-3H3. The first kappa shape index (κ1) is 21.4. The normalized spacial score (nSPS) is 21.8. The summed E-state index contributed by atoms with van der Waals surface area (Å²) in [4.78, 5) is 24.9. The highest BCUT2D eigenvalue weighted by atomic mass is 35.5. The van der Waals surface area contributed by atoms with E-state index in [0.717, 1.165) is 4.90 Å². The third-order valence-electron chi connectivity index (χ3n) is 5.68. The van der Waals surface area contributed by atoms with Gasteiger partial charge in [-0.1, -0.05) is 17.7 Å². The Balaban J connectivity index is 1.85. The Labute approximate surface area is 185 Å². The average Bonchev–Trinajstić information content (AvgIpc) is 2.96. The fourth-order valence-corrected chi connectivity index (χ4v) is 6.52. The van der Waals surface area contributed by atoms with Crippen LogP contribution in [0.2, 0.25) is 5.02 Å². The summed E-state index contributed by atoms with van der Waals surface area (Å²) in [5.74, 6) is -0.425. The highest BCUT2D eigenvalue weighted by Crippen LogP contribution is 2.49. The van der Waals surface area contributed by atoms with Crippen LogP contribution in [0.1, 0.15) is 17.5 Å². The number of rotatable bonds is 5. The Hall–Kier alpha value is -2.84. The molecule has 1 amide bonds. The molecule has 1 atom stereocenters. The maximum absolute atomic E-state index is 13.7. The van der Waals surface area contributed by atoms with Crippen molar-refractivity contribution >= 4 is 39.2 Å². The van der Waals surface area contributed by atoms with Gasteiger partial charge in [-0.3, -0.25) is 9.59 Å². The van der Waals surface area contributed by atoms with Crippen molar-refractivity contribution in [3.63, 3.8) is 0 Å². The number of amides is 1. The summed E-state index contributed by atoms with van der Waals surface area (Å²) in [6.07, 6.45) is 1.12. The van der Waals surface area contributed by atoms with Crippen LogP contribution in [-0.4, -0.2) is 50.6 Å². The lowest BCUT2D eigenvalue weighted by atomic mass is 9.99. The maximum atomic E-state index is 13.7. The van der Waals surface area contributed by atoms with Crippen molar-refractivity contribution in [2.75, 3.05) is 20.8 Å². The van der Waals surface area contributed by atoms with E-state index in [1.807, 2.05) is 0 Å². The van der Waals surface area contributed by atoms with Crippen LogP contribution in [0.4, 0.5) is 0 Å². The van der Waals surface area contributed by atoms with Crippen LogP contribution in [0.3, 0.4) is 0 Å². The molecule has 31 heavy (non-hydrogen) atoms. The van der Waals surface area contributed by atoms with Gasteiger partial charge in [-0.25, -0.2) is 8.42 Å². The molecule has 2 aromatic rings. The van der Waals surface area contributed by atoms with Crippen LogP contribution in [0.15, 0.2) is 46.9 Å².